The number of phenols is 2. The lowest BCUT2D eigenvalue weighted by Gasteiger charge is -2.45. The van der Waals surface area contributed by atoms with Gasteiger partial charge < -0.3 is 51.2 Å². The summed E-state index contributed by atoms with van der Waals surface area (Å²) < 4.78 is 17.3. The van der Waals surface area contributed by atoms with E-state index >= 15 is 0 Å². The van der Waals surface area contributed by atoms with E-state index in [0.717, 1.165) is 4.90 Å². The van der Waals surface area contributed by atoms with Gasteiger partial charge in [-0.3, -0.25) is 28.9 Å². The number of aliphatic hydroxyl groups excluding tert-OH is 2. The van der Waals surface area contributed by atoms with Crippen LogP contribution in [-0.4, -0.2) is 116 Å². The number of hydrogen-bond acceptors (Lipinski definition) is 15. The fourth-order valence-corrected chi connectivity index (χ4v) is 6.82. The van der Waals surface area contributed by atoms with Crippen molar-refractivity contribution in [3.05, 3.63) is 51.6 Å². The Morgan fingerprint density at radius 1 is 1.04 bits per heavy atom. The molecular weight excluding hydrogens is 646 g/mol. The number of aliphatic hydroxyl groups is 3. The number of carbonyl (C=O) groups excluding carboxylic acids is 5. The number of carbonyl (C=O) groups is 5. The largest absolute Gasteiger partial charge is 0.507 e. The second-order valence-electron chi connectivity index (χ2n) is 12.7. The van der Waals surface area contributed by atoms with Crippen LogP contribution in [0.5, 0.6) is 17.2 Å². The van der Waals surface area contributed by atoms with Crippen LogP contribution in [-0.2, 0) is 30.3 Å². The first-order chi connectivity index (χ1) is 23.0. The van der Waals surface area contributed by atoms with Gasteiger partial charge in [0, 0.05) is 36.0 Å². The number of fused-ring (bicyclic) bond motifs is 3. The van der Waals surface area contributed by atoms with E-state index in [4.69, 9.17) is 25.7 Å². The first kappa shape index (κ1) is 36.0. The molecule has 4 unspecified atom stereocenters. The van der Waals surface area contributed by atoms with Crippen molar-refractivity contribution in [3.63, 3.8) is 0 Å². The van der Waals surface area contributed by atoms with E-state index in [-0.39, 0.29) is 34.4 Å². The summed E-state index contributed by atoms with van der Waals surface area (Å²) in [5.74, 6) is -5.96. The number of aromatic hydroxyl groups is 2. The molecule has 2 aromatic rings. The molecule has 0 radical (unpaired) electrons. The van der Waals surface area contributed by atoms with E-state index in [1.165, 1.54) is 46.1 Å². The van der Waals surface area contributed by atoms with Crippen LogP contribution >= 0.6 is 0 Å². The van der Waals surface area contributed by atoms with Crippen LogP contribution in [0.1, 0.15) is 82.7 Å². The summed E-state index contributed by atoms with van der Waals surface area (Å²) in [4.78, 5) is 67.4. The van der Waals surface area contributed by atoms with E-state index in [1.807, 2.05) is 0 Å². The van der Waals surface area contributed by atoms with Gasteiger partial charge in [0.1, 0.15) is 35.6 Å². The Balaban J connectivity index is 1.63. The molecule has 1 fully saturated rings. The van der Waals surface area contributed by atoms with Gasteiger partial charge in [0.2, 0.25) is 17.6 Å². The van der Waals surface area contributed by atoms with E-state index in [9.17, 15) is 49.5 Å². The molecule has 2 aromatic carbocycles. The fraction of sp³-hybridized carbons (Fsp3) is 0.485. The summed E-state index contributed by atoms with van der Waals surface area (Å²) in [6.45, 7) is 3.02. The van der Waals surface area contributed by atoms with Crippen molar-refractivity contribution in [2.45, 2.75) is 88.4 Å². The van der Waals surface area contributed by atoms with Crippen LogP contribution in [0.4, 0.5) is 0 Å². The molecule has 1 saturated heterocycles. The minimum absolute atomic E-state index is 0.0373. The second kappa shape index (κ2) is 13.2. The van der Waals surface area contributed by atoms with Gasteiger partial charge in [0.25, 0.3) is 0 Å². The van der Waals surface area contributed by atoms with Gasteiger partial charge in [0.05, 0.1) is 54.1 Å². The SMILES string of the molecule is COc1cccc2c1C(=O)c1c(O)c3c(c(O)c1C2=O)C[C@@](O)(C(=O)CO)C[C@@H]3OC1CC(N(C(=O)[C@H](C)N)C(=O)[C@H](C)N)C(O)C(C)O1. The lowest BCUT2D eigenvalue weighted by molar-refractivity contribution is -0.257. The molecule has 0 bridgehead atoms. The molecule has 3 aliphatic rings. The Labute approximate surface area is 280 Å². The third-order valence-corrected chi connectivity index (χ3v) is 9.32. The topological polar surface area (TPSA) is 269 Å². The number of amides is 2. The molecule has 2 aliphatic carbocycles. The van der Waals surface area contributed by atoms with Crippen molar-refractivity contribution in [3.8, 4) is 17.2 Å². The highest BCUT2D eigenvalue weighted by Gasteiger charge is 2.51. The molecule has 16 nitrogen and oxygen atoms in total. The zero-order valence-electron chi connectivity index (χ0n) is 27.2. The van der Waals surface area contributed by atoms with E-state index in [0.29, 0.717) is 0 Å². The van der Waals surface area contributed by atoms with Gasteiger partial charge >= 0.3 is 0 Å². The molecular formula is C33H39N3O13. The van der Waals surface area contributed by atoms with Gasteiger partial charge in [-0.2, -0.15) is 0 Å². The number of benzene rings is 2. The maximum atomic E-state index is 13.9. The Morgan fingerprint density at radius 2 is 1.65 bits per heavy atom. The molecule has 0 aromatic heterocycles. The van der Waals surface area contributed by atoms with Crippen molar-refractivity contribution in [2.75, 3.05) is 13.7 Å². The van der Waals surface area contributed by atoms with Gasteiger partial charge in [-0.05, 0) is 26.8 Å². The number of hydrogen-bond donors (Lipinski definition) is 7. The number of nitrogens with zero attached hydrogens (tertiary/aromatic N) is 1. The van der Waals surface area contributed by atoms with Gasteiger partial charge in [0.15, 0.2) is 17.9 Å². The number of rotatable bonds is 8. The smallest absolute Gasteiger partial charge is 0.246 e. The third-order valence-electron chi connectivity index (χ3n) is 9.32. The fourth-order valence-electron chi connectivity index (χ4n) is 6.82. The second-order valence-corrected chi connectivity index (χ2v) is 12.7. The van der Waals surface area contributed by atoms with Crippen LogP contribution in [0.2, 0.25) is 0 Å². The zero-order chi connectivity index (χ0) is 36.3. The van der Waals surface area contributed by atoms with Crippen LogP contribution < -0.4 is 16.2 Å². The van der Waals surface area contributed by atoms with Crippen LogP contribution in [0.25, 0.3) is 0 Å². The number of imide groups is 1. The Morgan fingerprint density at radius 3 is 2.22 bits per heavy atom. The number of phenolic OH excluding ortho intramolecular Hbond substituents is 2. The van der Waals surface area contributed by atoms with Crippen molar-refractivity contribution in [1.82, 2.24) is 4.90 Å². The number of ketones is 3. The summed E-state index contributed by atoms with van der Waals surface area (Å²) in [5.41, 5.74) is 7.27. The summed E-state index contributed by atoms with van der Waals surface area (Å²) in [5, 5.41) is 55.5. The van der Waals surface area contributed by atoms with Gasteiger partial charge in [-0.1, -0.05) is 12.1 Å². The maximum Gasteiger partial charge on any atom is 0.246 e. The molecule has 2 amide bonds. The van der Waals surface area contributed by atoms with Crippen molar-refractivity contribution < 1.29 is 63.7 Å². The van der Waals surface area contributed by atoms with E-state index in [1.54, 1.807) is 0 Å². The summed E-state index contributed by atoms with van der Waals surface area (Å²) in [6.07, 6.45) is -7.16. The first-order valence-corrected chi connectivity index (χ1v) is 15.6. The molecule has 9 N–H and O–H groups in total. The highest BCUT2D eigenvalue weighted by atomic mass is 16.7. The normalized spacial score (nSPS) is 27.3. The molecule has 49 heavy (non-hydrogen) atoms. The van der Waals surface area contributed by atoms with Crippen molar-refractivity contribution in [2.24, 2.45) is 11.5 Å². The Kier molecular flexibility index (Phi) is 9.70. The molecule has 1 aliphatic heterocycles. The number of ether oxygens (including phenoxy) is 3. The van der Waals surface area contributed by atoms with Crippen LogP contribution in [0.3, 0.4) is 0 Å². The summed E-state index contributed by atoms with van der Waals surface area (Å²) >= 11 is 0. The lowest BCUT2D eigenvalue weighted by Crippen LogP contribution is -2.63. The minimum Gasteiger partial charge on any atom is -0.507 e. The average molecular weight is 686 g/mol. The standard InChI is InChI=1S/C33H39N3O13/c1-12(34)31(44)36(32(45)13(2)35)17-8-21(48-14(3)26(17)39)49-19-10-33(46,20(38)11-37)9-16-23(19)30(43)25-24(28(16)41)27(40)15-6-5-7-18(47-4)22(15)29(25)42/h5-7,12-14,17,19,21,26,37,39,41,43,46H,8-11,34-35H2,1-4H3/t12-,13-,14?,17?,19-,21?,26?,33-/m0/s1. The predicted molar refractivity (Wildman–Crippen MR) is 167 cm³/mol. The summed E-state index contributed by atoms with van der Waals surface area (Å²) in [7, 11) is 1.29. The van der Waals surface area contributed by atoms with Crippen molar-refractivity contribution >= 4 is 29.2 Å². The molecule has 0 spiro atoms. The monoisotopic (exact) mass is 685 g/mol. The highest BCUT2D eigenvalue weighted by molar-refractivity contribution is 6.31. The van der Waals surface area contributed by atoms with Crippen molar-refractivity contribution in [1.29, 1.82) is 0 Å². The lowest BCUT2D eigenvalue weighted by atomic mass is 9.72. The summed E-state index contributed by atoms with van der Waals surface area (Å²) in [6, 6.07) is 0.654. The Bertz CT molecular complexity index is 1720. The average Bonchev–Trinajstić information content (AvgIpc) is 3.05. The van der Waals surface area contributed by atoms with Crippen LogP contribution in [0, 0.1) is 0 Å². The van der Waals surface area contributed by atoms with E-state index < -0.39 is 120 Å². The maximum absolute atomic E-state index is 13.9. The Hall–Kier alpha value is -4.29. The molecule has 5 rings (SSSR count). The van der Waals surface area contributed by atoms with E-state index in [2.05, 4.69) is 0 Å². The minimum atomic E-state index is -2.39. The number of methoxy groups -OCH3 is 1. The highest BCUT2D eigenvalue weighted by Crippen LogP contribution is 2.52. The molecule has 264 valence electrons. The van der Waals surface area contributed by atoms with Crippen LogP contribution in [0.15, 0.2) is 18.2 Å². The molecule has 8 atom stereocenters. The zero-order valence-corrected chi connectivity index (χ0v) is 27.2. The molecule has 16 heteroatoms. The van der Waals surface area contributed by atoms with Gasteiger partial charge in [-0.15, -0.1) is 0 Å². The predicted octanol–water partition coefficient (Wildman–Crippen LogP) is -0.908. The first-order valence-electron chi connectivity index (χ1n) is 15.6. The number of nitrogens with two attached hydrogens (primary N) is 2. The van der Waals surface area contributed by atoms with Gasteiger partial charge in [-0.25, -0.2) is 0 Å². The third kappa shape index (κ3) is 5.88. The molecule has 0 saturated carbocycles. The quantitative estimate of drug-likeness (QED) is 0.142. The molecule has 1 heterocycles. The number of Topliss-reactive ketones (excluding diaryl/α,β-unsaturated/α-hetero) is 1.